The van der Waals surface area contributed by atoms with Crippen molar-refractivity contribution in [3.63, 3.8) is 0 Å². The van der Waals surface area contributed by atoms with Gasteiger partial charge in [0.15, 0.2) is 0 Å². The Hall–Kier alpha value is -5.22. The number of non-ortho nitro benzene ring substituents is 1. The van der Waals surface area contributed by atoms with E-state index in [0.717, 1.165) is 16.1 Å². The van der Waals surface area contributed by atoms with Crippen LogP contribution in [0, 0.1) is 17.0 Å². The van der Waals surface area contributed by atoms with Gasteiger partial charge < -0.3 is 16.0 Å². The first-order valence-electron chi connectivity index (χ1n) is 13.5. The van der Waals surface area contributed by atoms with Crippen molar-refractivity contribution in [3.05, 3.63) is 136 Å². The summed E-state index contributed by atoms with van der Waals surface area (Å²) >= 11 is 1.38. The maximum Gasteiger partial charge on any atom is 0.272 e. The Morgan fingerprint density at radius 2 is 1.53 bits per heavy atom. The zero-order chi connectivity index (χ0) is 30.8. The van der Waals surface area contributed by atoms with Gasteiger partial charge in [-0.3, -0.25) is 24.5 Å². The molecule has 0 radical (unpaired) electrons. The number of hydrogen-bond donors (Lipinski definition) is 3. The minimum Gasteiger partial charge on any atom is -0.325 e. The molecular weight excluding hydrogens is 564 g/mol. The van der Waals surface area contributed by atoms with Gasteiger partial charge in [0.05, 0.1) is 10.2 Å². The highest BCUT2D eigenvalue weighted by Crippen LogP contribution is 2.29. The number of nitrogens with one attached hydrogen (secondary N) is 3. The van der Waals surface area contributed by atoms with Crippen LogP contribution in [0.25, 0.3) is 6.08 Å². The van der Waals surface area contributed by atoms with Crippen LogP contribution in [0.3, 0.4) is 0 Å². The van der Waals surface area contributed by atoms with E-state index in [0.29, 0.717) is 23.2 Å². The average Bonchev–Trinajstić information content (AvgIpc) is 3.00. The number of nitro benzene ring substituents is 1. The standard InChI is InChI=1S/C33H30N4O5S/c1-3-30(33(40)35-25-12-7-9-22(2)19-25)43-28-14-8-13-26(21-28)34-32(39)29(36-31(38)24-10-5-4-6-11-24)20-23-15-17-27(18-16-23)37(41)42/h4-21,30H,3H2,1-2H3,(H,34,39)(H,35,40)(H,36,38)/b29-20+. The summed E-state index contributed by atoms with van der Waals surface area (Å²) in [7, 11) is 0. The molecule has 0 aromatic heterocycles. The molecule has 43 heavy (non-hydrogen) atoms. The highest BCUT2D eigenvalue weighted by Gasteiger charge is 2.19. The third kappa shape index (κ3) is 8.88. The topological polar surface area (TPSA) is 130 Å². The molecule has 218 valence electrons. The molecule has 4 aromatic carbocycles. The summed E-state index contributed by atoms with van der Waals surface area (Å²) in [6.07, 6.45) is 2.04. The zero-order valence-electron chi connectivity index (χ0n) is 23.6. The van der Waals surface area contributed by atoms with Gasteiger partial charge in [-0.1, -0.05) is 43.3 Å². The monoisotopic (exact) mass is 594 g/mol. The van der Waals surface area contributed by atoms with Gasteiger partial charge in [0.1, 0.15) is 5.70 Å². The first kappa shape index (κ1) is 30.7. The largest absolute Gasteiger partial charge is 0.325 e. The number of rotatable bonds is 11. The van der Waals surface area contributed by atoms with Gasteiger partial charge in [-0.05, 0) is 85.1 Å². The molecule has 0 saturated heterocycles. The van der Waals surface area contributed by atoms with Crippen LogP contribution in [0.5, 0.6) is 0 Å². The number of thioether (sulfide) groups is 1. The lowest BCUT2D eigenvalue weighted by Gasteiger charge is -2.16. The summed E-state index contributed by atoms with van der Waals surface area (Å²) in [4.78, 5) is 50.6. The summed E-state index contributed by atoms with van der Waals surface area (Å²) in [5.74, 6) is -1.20. The van der Waals surface area contributed by atoms with E-state index in [-0.39, 0.29) is 22.5 Å². The van der Waals surface area contributed by atoms with E-state index in [2.05, 4.69) is 16.0 Å². The van der Waals surface area contributed by atoms with Crippen molar-refractivity contribution >= 4 is 52.6 Å². The van der Waals surface area contributed by atoms with E-state index in [1.54, 1.807) is 48.5 Å². The van der Waals surface area contributed by atoms with Crippen LogP contribution in [-0.2, 0) is 9.59 Å². The van der Waals surface area contributed by atoms with Crippen LogP contribution in [0.4, 0.5) is 17.1 Å². The first-order chi connectivity index (χ1) is 20.7. The van der Waals surface area contributed by atoms with Crippen LogP contribution >= 0.6 is 11.8 Å². The lowest BCUT2D eigenvalue weighted by Crippen LogP contribution is -2.30. The van der Waals surface area contributed by atoms with E-state index in [4.69, 9.17) is 0 Å². The highest BCUT2D eigenvalue weighted by atomic mass is 32.2. The van der Waals surface area contributed by atoms with E-state index < -0.39 is 16.7 Å². The Labute approximate surface area is 253 Å². The Balaban J connectivity index is 1.51. The molecule has 0 spiro atoms. The number of hydrogen-bond acceptors (Lipinski definition) is 6. The molecule has 0 aliphatic heterocycles. The minimum atomic E-state index is -0.589. The SMILES string of the molecule is CCC(Sc1cccc(NC(=O)/C(=C\c2ccc([N+](=O)[O-])cc2)NC(=O)c2ccccc2)c1)C(=O)Nc1cccc(C)c1. The molecule has 0 aliphatic rings. The predicted octanol–water partition coefficient (Wildman–Crippen LogP) is 6.82. The fourth-order valence-electron chi connectivity index (χ4n) is 4.08. The van der Waals surface area contributed by atoms with Crippen molar-refractivity contribution in [3.8, 4) is 0 Å². The molecule has 0 fully saturated rings. The maximum absolute atomic E-state index is 13.4. The Morgan fingerprint density at radius 3 is 2.19 bits per heavy atom. The summed E-state index contributed by atoms with van der Waals surface area (Å²) in [6.45, 7) is 3.89. The Bertz CT molecular complexity index is 1660. The number of benzene rings is 4. The second-order valence-electron chi connectivity index (χ2n) is 9.58. The van der Waals surface area contributed by atoms with Crippen molar-refractivity contribution < 1.29 is 19.3 Å². The molecule has 4 aromatic rings. The number of carbonyl (C=O) groups excluding carboxylic acids is 3. The lowest BCUT2D eigenvalue weighted by molar-refractivity contribution is -0.384. The summed E-state index contributed by atoms with van der Waals surface area (Å²) in [5.41, 5.74) is 2.94. The smallest absolute Gasteiger partial charge is 0.272 e. The Kier molecular flexibility index (Phi) is 10.4. The van der Waals surface area contributed by atoms with E-state index >= 15 is 0 Å². The van der Waals surface area contributed by atoms with Crippen molar-refractivity contribution in [2.45, 2.75) is 30.4 Å². The van der Waals surface area contributed by atoms with Crippen molar-refractivity contribution in [1.29, 1.82) is 0 Å². The van der Waals surface area contributed by atoms with E-state index in [1.165, 1.54) is 42.1 Å². The first-order valence-corrected chi connectivity index (χ1v) is 14.4. The van der Waals surface area contributed by atoms with E-state index in [1.807, 2.05) is 44.2 Å². The number of aryl methyl sites for hydroxylation is 1. The molecule has 9 nitrogen and oxygen atoms in total. The van der Waals surface area contributed by atoms with Crippen LogP contribution < -0.4 is 16.0 Å². The van der Waals surface area contributed by atoms with Crippen molar-refractivity contribution in [2.75, 3.05) is 10.6 Å². The third-order valence-corrected chi connectivity index (χ3v) is 7.62. The molecule has 1 atom stereocenters. The molecule has 0 saturated carbocycles. The molecule has 0 aliphatic carbocycles. The normalized spacial score (nSPS) is 11.7. The van der Waals surface area contributed by atoms with Crippen LogP contribution in [0.2, 0.25) is 0 Å². The fraction of sp³-hybridized carbons (Fsp3) is 0.121. The molecule has 1 unspecified atom stereocenters. The van der Waals surface area contributed by atoms with Gasteiger partial charge in [-0.25, -0.2) is 0 Å². The average molecular weight is 595 g/mol. The highest BCUT2D eigenvalue weighted by molar-refractivity contribution is 8.00. The van der Waals surface area contributed by atoms with E-state index in [9.17, 15) is 24.5 Å². The van der Waals surface area contributed by atoms with Gasteiger partial charge in [0, 0.05) is 34.0 Å². The van der Waals surface area contributed by atoms with Crippen LogP contribution in [-0.4, -0.2) is 27.9 Å². The number of carbonyl (C=O) groups is 3. The number of nitro groups is 1. The fourth-order valence-corrected chi connectivity index (χ4v) is 5.09. The lowest BCUT2D eigenvalue weighted by atomic mass is 10.1. The van der Waals surface area contributed by atoms with Crippen LogP contribution in [0.15, 0.2) is 114 Å². The molecule has 10 heteroatoms. The summed E-state index contributed by atoms with van der Waals surface area (Å²) < 4.78 is 0. The Morgan fingerprint density at radius 1 is 0.860 bits per heavy atom. The molecule has 3 N–H and O–H groups in total. The van der Waals surface area contributed by atoms with Gasteiger partial charge in [0.2, 0.25) is 5.91 Å². The quantitative estimate of drug-likeness (QED) is 0.0756. The molecular formula is C33H30N4O5S. The third-order valence-electron chi connectivity index (χ3n) is 6.26. The summed E-state index contributed by atoms with van der Waals surface area (Å²) in [6, 6.07) is 28.7. The molecule has 4 rings (SSSR count). The number of nitrogens with zero attached hydrogens (tertiary/aromatic N) is 1. The molecule has 0 bridgehead atoms. The number of amides is 3. The zero-order valence-corrected chi connectivity index (χ0v) is 24.4. The van der Waals surface area contributed by atoms with Gasteiger partial charge in [-0.2, -0.15) is 0 Å². The number of anilines is 2. The van der Waals surface area contributed by atoms with Gasteiger partial charge in [0.25, 0.3) is 17.5 Å². The maximum atomic E-state index is 13.4. The van der Waals surface area contributed by atoms with Gasteiger partial charge in [-0.15, -0.1) is 11.8 Å². The molecule has 3 amide bonds. The second kappa shape index (κ2) is 14.6. The van der Waals surface area contributed by atoms with Crippen molar-refractivity contribution in [1.82, 2.24) is 5.32 Å². The van der Waals surface area contributed by atoms with Gasteiger partial charge >= 0.3 is 0 Å². The van der Waals surface area contributed by atoms with Crippen LogP contribution in [0.1, 0.15) is 34.8 Å². The second-order valence-corrected chi connectivity index (χ2v) is 10.9. The summed E-state index contributed by atoms with van der Waals surface area (Å²) in [5, 5.41) is 19.1. The predicted molar refractivity (Wildman–Crippen MR) is 170 cm³/mol. The molecule has 0 heterocycles. The minimum absolute atomic E-state index is 0.0512. The van der Waals surface area contributed by atoms with Crippen molar-refractivity contribution in [2.24, 2.45) is 0 Å².